The molecule has 0 aliphatic rings. The van der Waals surface area contributed by atoms with Crippen LogP contribution in [0.25, 0.3) is 0 Å². The lowest BCUT2D eigenvalue weighted by atomic mass is 10.2. The maximum absolute atomic E-state index is 13.3. The lowest BCUT2D eigenvalue weighted by molar-refractivity contribution is -0.137. The van der Waals surface area contributed by atoms with Gasteiger partial charge in [-0.3, -0.25) is 0 Å². The summed E-state index contributed by atoms with van der Waals surface area (Å²) in [6, 6.07) is 6.56. The molecule has 2 aromatic rings. The van der Waals surface area contributed by atoms with Crippen molar-refractivity contribution in [3.05, 3.63) is 36.0 Å². The molecule has 0 radical (unpaired) electrons. The molecule has 0 bridgehead atoms. The minimum Gasteiger partial charge on any atom is -0.497 e. The maximum Gasteiger partial charge on any atom is 0.421 e. The van der Waals surface area contributed by atoms with Crippen LogP contribution in [0.2, 0.25) is 0 Å². The zero-order chi connectivity index (χ0) is 17.9. The summed E-state index contributed by atoms with van der Waals surface area (Å²) in [7, 11) is 2.98. The number of halogens is 3. The molecule has 24 heavy (non-hydrogen) atoms. The lowest BCUT2D eigenvalue weighted by Gasteiger charge is -2.23. The normalized spacial score (nSPS) is 11.5. The van der Waals surface area contributed by atoms with Crippen molar-refractivity contribution in [1.82, 2.24) is 9.97 Å². The largest absolute Gasteiger partial charge is 0.497 e. The van der Waals surface area contributed by atoms with Crippen LogP contribution in [-0.2, 0) is 6.18 Å². The Morgan fingerprint density at radius 2 is 1.92 bits per heavy atom. The van der Waals surface area contributed by atoms with Gasteiger partial charge in [0.05, 0.1) is 13.2 Å². The quantitative estimate of drug-likeness (QED) is 0.821. The molecule has 0 unspecified atom stereocenters. The van der Waals surface area contributed by atoms with Gasteiger partial charge >= 0.3 is 12.2 Å². The molecular formula is C16H18F3N3O2. The highest BCUT2D eigenvalue weighted by molar-refractivity contribution is 5.64. The van der Waals surface area contributed by atoms with Crippen LogP contribution in [0.15, 0.2) is 30.5 Å². The molecule has 130 valence electrons. The summed E-state index contributed by atoms with van der Waals surface area (Å²) < 4.78 is 50.3. The fourth-order valence-electron chi connectivity index (χ4n) is 2.02. The van der Waals surface area contributed by atoms with Crippen molar-refractivity contribution in [2.75, 3.05) is 19.1 Å². The van der Waals surface area contributed by atoms with E-state index < -0.39 is 11.7 Å². The number of aromatic nitrogens is 2. The van der Waals surface area contributed by atoms with Crippen LogP contribution < -0.4 is 14.4 Å². The van der Waals surface area contributed by atoms with E-state index in [4.69, 9.17) is 9.47 Å². The number of benzene rings is 1. The Labute approximate surface area is 138 Å². The first kappa shape index (κ1) is 17.8. The first-order chi connectivity index (χ1) is 11.2. The van der Waals surface area contributed by atoms with Crippen molar-refractivity contribution in [2.24, 2.45) is 0 Å². The van der Waals surface area contributed by atoms with E-state index in [1.807, 2.05) is 0 Å². The van der Waals surface area contributed by atoms with E-state index in [0.29, 0.717) is 11.4 Å². The SMILES string of the molecule is COc1cccc(N(C)c2nc(OC(C)C)ncc2C(F)(F)F)c1. The van der Waals surface area contributed by atoms with Crippen LogP contribution in [0.5, 0.6) is 11.8 Å². The van der Waals surface area contributed by atoms with Gasteiger partial charge in [0, 0.05) is 25.0 Å². The maximum atomic E-state index is 13.3. The molecule has 0 saturated carbocycles. The van der Waals surface area contributed by atoms with Crippen molar-refractivity contribution in [1.29, 1.82) is 0 Å². The molecule has 0 saturated heterocycles. The zero-order valence-electron chi connectivity index (χ0n) is 13.8. The van der Waals surface area contributed by atoms with Crippen molar-refractivity contribution >= 4 is 11.5 Å². The van der Waals surface area contributed by atoms with E-state index >= 15 is 0 Å². The molecule has 0 spiro atoms. The number of alkyl halides is 3. The molecule has 0 aliphatic carbocycles. The van der Waals surface area contributed by atoms with Crippen LogP contribution in [0, 0.1) is 0 Å². The monoisotopic (exact) mass is 341 g/mol. The number of anilines is 2. The van der Waals surface area contributed by atoms with Gasteiger partial charge in [-0.2, -0.15) is 18.2 Å². The van der Waals surface area contributed by atoms with Crippen LogP contribution >= 0.6 is 0 Å². The van der Waals surface area contributed by atoms with Gasteiger partial charge in [0.15, 0.2) is 5.82 Å². The minimum absolute atomic E-state index is 0.109. The van der Waals surface area contributed by atoms with Gasteiger partial charge in [0.1, 0.15) is 11.3 Å². The third-order valence-corrected chi connectivity index (χ3v) is 3.15. The molecule has 5 nitrogen and oxygen atoms in total. The van der Waals surface area contributed by atoms with Crippen LogP contribution in [0.4, 0.5) is 24.7 Å². The standard InChI is InChI=1S/C16H18F3N3O2/c1-10(2)24-15-20-9-13(16(17,18)19)14(21-15)22(3)11-6-5-7-12(8-11)23-4/h5-10H,1-4H3. The third-order valence-electron chi connectivity index (χ3n) is 3.15. The Bertz CT molecular complexity index is 705. The van der Waals surface area contributed by atoms with E-state index in [1.165, 1.54) is 19.1 Å². The van der Waals surface area contributed by atoms with E-state index in [-0.39, 0.29) is 17.9 Å². The van der Waals surface area contributed by atoms with Gasteiger partial charge in [0.25, 0.3) is 0 Å². The number of nitrogens with zero attached hydrogens (tertiary/aromatic N) is 3. The second-order valence-corrected chi connectivity index (χ2v) is 5.31. The third kappa shape index (κ3) is 4.06. The summed E-state index contributed by atoms with van der Waals surface area (Å²) in [5.41, 5.74) is -0.446. The zero-order valence-corrected chi connectivity index (χ0v) is 13.8. The molecule has 0 fully saturated rings. The molecule has 1 aromatic carbocycles. The van der Waals surface area contributed by atoms with E-state index in [9.17, 15) is 13.2 Å². The molecule has 8 heteroatoms. The molecule has 1 aromatic heterocycles. The number of hydrogen-bond acceptors (Lipinski definition) is 5. The van der Waals surface area contributed by atoms with Crippen LogP contribution in [-0.4, -0.2) is 30.2 Å². The van der Waals surface area contributed by atoms with Crippen molar-refractivity contribution in [3.63, 3.8) is 0 Å². The highest BCUT2D eigenvalue weighted by Crippen LogP contribution is 2.38. The van der Waals surface area contributed by atoms with Gasteiger partial charge in [-0.15, -0.1) is 0 Å². The summed E-state index contributed by atoms with van der Waals surface area (Å²) in [6.07, 6.45) is -4.10. The van der Waals surface area contributed by atoms with Gasteiger partial charge in [-0.1, -0.05) is 6.07 Å². The highest BCUT2D eigenvalue weighted by atomic mass is 19.4. The van der Waals surface area contributed by atoms with Gasteiger partial charge < -0.3 is 14.4 Å². The molecule has 1 heterocycles. The topological polar surface area (TPSA) is 47.5 Å². The van der Waals surface area contributed by atoms with Crippen LogP contribution in [0.3, 0.4) is 0 Å². The van der Waals surface area contributed by atoms with Gasteiger partial charge in [-0.05, 0) is 26.0 Å². The number of rotatable bonds is 5. The predicted octanol–water partition coefficient (Wildman–Crippen LogP) is 4.06. The average Bonchev–Trinajstić information content (AvgIpc) is 2.52. The summed E-state index contributed by atoms with van der Waals surface area (Å²) in [6.45, 7) is 3.49. The average molecular weight is 341 g/mol. The summed E-state index contributed by atoms with van der Waals surface area (Å²) in [5.74, 6) is 0.238. The molecular weight excluding hydrogens is 323 g/mol. The Kier molecular flexibility index (Phi) is 5.16. The van der Waals surface area contributed by atoms with Crippen LogP contribution in [0.1, 0.15) is 19.4 Å². The second kappa shape index (κ2) is 6.94. The van der Waals surface area contributed by atoms with E-state index in [2.05, 4.69) is 9.97 Å². The number of methoxy groups -OCH3 is 1. The summed E-state index contributed by atoms with van der Waals surface area (Å²) >= 11 is 0. The van der Waals surface area contributed by atoms with E-state index in [1.54, 1.807) is 38.1 Å². The first-order valence-electron chi connectivity index (χ1n) is 7.21. The highest BCUT2D eigenvalue weighted by Gasteiger charge is 2.36. The smallest absolute Gasteiger partial charge is 0.421 e. The molecule has 0 atom stereocenters. The molecule has 0 amide bonds. The molecule has 0 N–H and O–H groups in total. The predicted molar refractivity (Wildman–Crippen MR) is 83.9 cm³/mol. The lowest BCUT2D eigenvalue weighted by Crippen LogP contribution is -2.20. The fraction of sp³-hybridized carbons (Fsp3) is 0.375. The van der Waals surface area contributed by atoms with Gasteiger partial charge in [0.2, 0.25) is 0 Å². The Balaban J connectivity index is 2.51. The summed E-state index contributed by atoms with van der Waals surface area (Å²) in [4.78, 5) is 8.91. The van der Waals surface area contributed by atoms with Gasteiger partial charge in [-0.25, -0.2) is 4.98 Å². The fourth-order valence-corrected chi connectivity index (χ4v) is 2.02. The minimum atomic E-state index is -4.58. The molecule has 0 aliphatic heterocycles. The summed E-state index contributed by atoms with van der Waals surface area (Å²) in [5, 5.41) is 0. The number of ether oxygens (including phenoxy) is 2. The number of hydrogen-bond donors (Lipinski definition) is 0. The Hall–Kier alpha value is -2.51. The second-order valence-electron chi connectivity index (χ2n) is 5.31. The Morgan fingerprint density at radius 1 is 1.21 bits per heavy atom. The molecule has 2 rings (SSSR count). The van der Waals surface area contributed by atoms with Crippen molar-refractivity contribution < 1.29 is 22.6 Å². The first-order valence-corrected chi connectivity index (χ1v) is 7.21. The van der Waals surface area contributed by atoms with Crippen molar-refractivity contribution in [3.8, 4) is 11.8 Å². The van der Waals surface area contributed by atoms with Crippen molar-refractivity contribution in [2.45, 2.75) is 26.1 Å². The van der Waals surface area contributed by atoms with E-state index in [0.717, 1.165) is 6.20 Å². The Morgan fingerprint density at radius 3 is 2.50 bits per heavy atom.